The van der Waals surface area contributed by atoms with E-state index in [9.17, 15) is 9.59 Å². The highest BCUT2D eigenvalue weighted by Crippen LogP contribution is 2.39. The number of amides is 1. The molecule has 0 spiro atoms. The summed E-state index contributed by atoms with van der Waals surface area (Å²) in [5, 5.41) is 2.79. The van der Waals surface area contributed by atoms with Gasteiger partial charge in [-0.1, -0.05) is 46.3 Å². The number of halogens is 1. The second-order valence-electron chi connectivity index (χ2n) is 4.75. The van der Waals surface area contributed by atoms with Gasteiger partial charge in [0.25, 0.3) is 5.91 Å². The van der Waals surface area contributed by atoms with Crippen LogP contribution in [0, 0.1) is 0 Å². The van der Waals surface area contributed by atoms with Gasteiger partial charge >= 0.3 is 5.97 Å². The average Bonchev–Trinajstić information content (AvgIpc) is 2.81. The maximum Gasteiger partial charge on any atom is 0.341 e. The van der Waals surface area contributed by atoms with Crippen molar-refractivity contribution in [2.75, 3.05) is 7.11 Å². The molecule has 0 fully saturated rings. The van der Waals surface area contributed by atoms with E-state index in [-0.39, 0.29) is 5.91 Å². The molecular weight excluding hydrogens is 334 g/mol. The van der Waals surface area contributed by atoms with Gasteiger partial charge in [-0.15, -0.1) is 0 Å². The summed E-state index contributed by atoms with van der Waals surface area (Å²) >= 11 is 3.39. The number of carbonyl (C=O) groups is 2. The van der Waals surface area contributed by atoms with Crippen LogP contribution in [0.1, 0.15) is 21.5 Å². The van der Waals surface area contributed by atoms with Gasteiger partial charge in [-0.25, -0.2) is 4.79 Å². The smallest absolute Gasteiger partial charge is 0.341 e. The van der Waals surface area contributed by atoms with Crippen molar-refractivity contribution in [2.45, 2.75) is 5.54 Å². The van der Waals surface area contributed by atoms with E-state index in [4.69, 9.17) is 4.74 Å². The zero-order valence-corrected chi connectivity index (χ0v) is 12.8. The van der Waals surface area contributed by atoms with Crippen LogP contribution in [0.15, 0.2) is 53.0 Å². The second kappa shape index (κ2) is 5.00. The Bertz CT molecular complexity index is 730. The minimum absolute atomic E-state index is 0.285. The van der Waals surface area contributed by atoms with Crippen molar-refractivity contribution >= 4 is 27.8 Å². The Morgan fingerprint density at radius 3 is 2.57 bits per heavy atom. The van der Waals surface area contributed by atoms with E-state index in [1.165, 1.54) is 7.11 Å². The van der Waals surface area contributed by atoms with Crippen LogP contribution in [0.4, 0.5) is 0 Å². The number of methoxy groups -OCH3 is 1. The first-order chi connectivity index (χ1) is 10.1. The molecule has 1 unspecified atom stereocenters. The predicted octanol–water partition coefficient (Wildman–Crippen LogP) is 2.61. The minimum atomic E-state index is -1.30. The maximum atomic E-state index is 12.5. The van der Waals surface area contributed by atoms with E-state index >= 15 is 0 Å². The van der Waals surface area contributed by atoms with Crippen LogP contribution < -0.4 is 5.32 Å². The fourth-order valence-corrected chi connectivity index (χ4v) is 3.04. The van der Waals surface area contributed by atoms with E-state index in [0.29, 0.717) is 16.7 Å². The fraction of sp³-hybridized carbons (Fsp3) is 0.125. The van der Waals surface area contributed by atoms with Crippen molar-refractivity contribution in [3.63, 3.8) is 0 Å². The van der Waals surface area contributed by atoms with Crippen molar-refractivity contribution < 1.29 is 14.3 Å². The van der Waals surface area contributed by atoms with Gasteiger partial charge in [0.15, 0.2) is 5.54 Å². The number of hydrogen-bond donors (Lipinski definition) is 1. The summed E-state index contributed by atoms with van der Waals surface area (Å²) < 4.78 is 5.76. The molecule has 1 aliphatic heterocycles. The van der Waals surface area contributed by atoms with Crippen molar-refractivity contribution in [2.24, 2.45) is 0 Å². The lowest BCUT2D eigenvalue weighted by Crippen LogP contribution is -2.48. The molecule has 1 N–H and O–H groups in total. The molecule has 0 saturated heterocycles. The quantitative estimate of drug-likeness (QED) is 0.851. The third-order valence-electron chi connectivity index (χ3n) is 3.63. The first-order valence-electron chi connectivity index (χ1n) is 6.36. The van der Waals surface area contributed by atoms with Gasteiger partial charge in [0.1, 0.15) is 0 Å². The van der Waals surface area contributed by atoms with Crippen LogP contribution in [0.25, 0.3) is 0 Å². The molecule has 4 nitrogen and oxygen atoms in total. The molecule has 3 rings (SSSR count). The lowest BCUT2D eigenvalue weighted by Gasteiger charge is -2.28. The molecule has 1 amide bonds. The van der Waals surface area contributed by atoms with E-state index in [1.807, 2.05) is 18.2 Å². The summed E-state index contributed by atoms with van der Waals surface area (Å²) in [6.07, 6.45) is 0. The van der Waals surface area contributed by atoms with Crippen LogP contribution in [-0.2, 0) is 15.1 Å². The highest BCUT2D eigenvalue weighted by Gasteiger charge is 2.51. The van der Waals surface area contributed by atoms with Crippen molar-refractivity contribution in [1.29, 1.82) is 0 Å². The largest absolute Gasteiger partial charge is 0.467 e. The Morgan fingerprint density at radius 2 is 1.90 bits per heavy atom. The SMILES string of the molecule is COC(=O)C1(c2ccccc2)NC(=O)c2ccc(Br)cc21. The third kappa shape index (κ3) is 1.96. The number of ether oxygens (including phenoxy) is 1. The predicted molar refractivity (Wildman–Crippen MR) is 80.8 cm³/mol. The molecule has 0 aliphatic carbocycles. The second-order valence-corrected chi connectivity index (χ2v) is 5.67. The molecule has 0 bridgehead atoms. The summed E-state index contributed by atoms with van der Waals surface area (Å²) in [6.45, 7) is 0. The number of benzene rings is 2. The zero-order valence-electron chi connectivity index (χ0n) is 11.2. The molecule has 1 atom stereocenters. The summed E-state index contributed by atoms with van der Waals surface area (Å²) in [5.74, 6) is -0.800. The topological polar surface area (TPSA) is 55.4 Å². The fourth-order valence-electron chi connectivity index (χ4n) is 2.68. The Hall–Kier alpha value is -2.14. The van der Waals surface area contributed by atoms with Crippen LogP contribution in [-0.4, -0.2) is 19.0 Å². The standard InChI is InChI=1S/C16H12BrNO3/c1-21-15(20)16(10-5-3-2-4-6-10)13-9-11(17)7-8-12(13)14(19)18-16/h2-9H,1H3,(H,18,19). The van der Waals surface area contributed by atoms with Crippen LogP contribution >= 0.6 is 15.9 Å². The molecule has 5 heteroatoms. The lowest BCUT2D eigenvalue weighted by molar-refractivity contribution is -0.146. The van der Waals surface area contributed by atoms with Crippen LogP contribution in [0.5, 0.6) is 0 Å². The van der Waals surface area contributed by atoms with Gasteiger partial charge in [-0.05, 0) is 23.8 Å². The van der Waals surface area contributed by atoms with Gasteiger partial charge < -0.3 is 10.1 Å². The van der Waals surface area contributed by atoms with Crippen molar-refractivity contribution in [3.8, 4) is 0 Å². The molecule has 0 saturated carbocycles. The Labute approximate surface area is 130 Å². The molecule has 1 heterocycles. The van der Waals surface area contributed by atoms with Crippen LogP contribution in [0.2, 0.25) is 0 Å². The molecule has 0 aromatic heterocycles. The van der Waals surface area contributed by atoms with Gasteiger partial charge in [-0.2, -0.15) is 0 Å². The summed E-state index contributed by atoms with van der Waals surface area (Å²) in [6, 6.07) is 14.3. The van der Waals surface area contributed by atoms with Crippen LogP contribution in [0.3, 0.4) is 0 Å². The van der Waals surface area contributed by atoms with Crippen molar-refractivity contribution in [1.82, 2.24) is 5.32 Å². The normalized spacial score (nSPS) is 19.8. The Morgan fingerprint density at radius 1 is 1.19 bits per heavy atom. The highest BCUT2D eigenvalue weighted by molar-refractivity contribution is 9.10. The molecule has 0 radical (unpaired) electrons. The molecule has 21 heavy (non-hydrogen) atoms. The van der Waals surface area contributed by atoms with Gasteiger partial charge in [0.05, 0.1) is 7.11 Å². The third-order valence-corrected chi connectivity index (χ3v) is 4.12. The number of rotatable bonds is 2. The summed E-state index contributed by atoms with van der Waals surface area (Å²) in [5.41, 5.74) is 0.445. The first kappa shape index (κ1) is 13.8. The molecule has 2 aromatic carbocycles. The van der Waals surface area contributed by atoms with E-state index in [0.717, 1.165) is 4.47 Å². The monoisotopic (exact) mass is 345 g/mol. The molecule has 1 aliphatic rings. The summed E-state index contributed by atoms with van der Waals surface area (Å²) in [4.78, 5) is 24.8. The van der Waals surface area contributed by atoms with Gasteiger partial charge in [-0.3, -0.25) is 4.79 Å². The number of fused-ring (bicyclic) bond motifs is 1. The Balaban J connectivity index is 2.32. The van der Waals surface area contributed by atoms with E-state index in [2.05, 4.69) is 21.2 Å². The Kier molecular flexibility index (Phi) is 3.29. The lowest BCUT2D eigenvalue weighted by atomic mass is 9.83. The molecular formula is C16H12BrNO3. The van der Waals surface area contributed by atoms with Gasteiger partial charge in [0, 0.05) is 15.6 Å². The number of hydrogen-bond acceptors (Lipinski definition) is 3. The van der Waals surface area contributed by atoms with Crippen molar-refractivity contribution in [3.05, 3.63) is 69.7 Å². The average molecular weight is 346 g/mol. The molecule has 2 aromatic rings. The molecule has 106 valence electrons. The number of carbonyl (C=O) groups excluding carboxylic acids is 2. The number of esters is 1. The number of nitrogens with one attached hydrogen (secondary N) is 1. The highest BCUT2D eigenvalue weighted by atomic mass is 79.9. The van der Waals surface area contributed by atoms with Gasteiger partial charge in [0.2, 0.25) is 0 Å². The maximum absolute atomic E-state index is 12.5. The van der Waals surface area contributed by atoms with E-state index in [1.54, 1.807) is 30.3 Å². The van der Waals surface area contributed by atoms with E-state index < -0.39 is 11.5 Å². The minimum Gasteiger partial charge on any atom is -0.467 e. The first-order valence-corrected chi connectivity index (χ1v) is 7.15. The zero-order chi connectivity index (χ0) is 15.0. The summed E-state index contributed by atoms with van der Waals surface area (Å²) in [7, 11) is 1.31.